The van der Waals surface area contributed by atoms with Gasteiger partial charge in [-0.15, -0.1) is 0 Å². The average Bonchev–Trinajstić information content (AvgIpc) is 2.34. The SMILES string of the molecule is C/C(=C\COP(=O)(O)OP(=O)(O)O)CCCC(C)CCCC(C)C. The first-order valence-corrected chi connectivity index (χ1v) is 11.3. The molecule has 24 heavy (non-hydrogen) atoms. The van der Waals surface area contributed by atoms with Gasteiger partial charge in [-0.05, 0) is 31.6 Å². The lowest BCUT2D eigenvalue weighted by Gasteiger charge is -2.13. The van der Waals surface area contributed by atoms with Crippen LogP contribution in [0.5, 0.6) is 0 Å². The van der Waals surface area contributed by atoms with E-state index in [1.165, 1.54) is 19.3 Å². The van der Waals surface area contributed by atoms with Gasteiger partial charge in [0, 0.05) is 0 Å². The Hall–Kier alpha value is -0.0000000000000000416. The van der Waals surface area contributed by atoms with E-state index in [-0.39, 0.29) is 6.61 Å². The minimum atomic E-state index is -5.05. The Bertz CT molecular complexity index is 470. The van der Waals surface area contributed by atoms with E-state index in [2.05, 4.69) is 29.6 Å². The molecule has 144 valence electrons. The highest BCUT2D eigenvalue weighted by Gasteiger charge is 2.31. The first kappa shape index (κ1) is 24.0. The fourth-order valence-electron chi connectivity index (χ4n) is 2.28. The van der Waals surface area contributed by atoms with Crippen LogP contribution in [0, 0.1) is 11.8 Å². The molecule has 0 radical (unpaired) electrons. The van der Waals surface area contributed by atoms with Gasteiger partial charge in [-0.3, -0.25) is 4.52 Å². The quantitative estimate of drug-likeness (QED) is 0.308. The summed E-state index contributed by atoms with van der Waals surface area (Å²) in [5.74, 6) is 1.43. The molecule has 0 bridgehead atoms. The normalized spacial score (nSPS) is 17.1. The molecule has 0 rings (SSSR count). The van der Waals surface area contributed by atoms with Gasteiger partial charge >= 0.3 is 15.6 Å². The lowest BCUT2D eigenvalue weighted by Crippen LogP contribution is -1.97. The van der Waals surface area contributed by atoms with Gasteiger partial charge in [-0.1, -0.05) is 58.1 Å². The Kier molecular flexibility index (Phi) is 11.6. The molecule has 0 fully saturated rings. The van der Waals surface area contributed by atoms with Crippen LogP contribution in [-0.4, -0.2) is 21.3 Å². The summed E-state index contributed by atoms with van der Waals surface area (Å²) >= 11 is 0. The van der Waals surface area contributed by atoms with Crippen molar-refractivity contribution in [3.05, 3.63) is 11.6 Å². The number of allylic oxidation sites excluding steroid dienone is 1. The summed E-state index contributed by atoms with van der Waals surface area (Å²) in [5, 5.41) is 0. The van der Waals surface area contributed by atoms with Gasteiger partial charge in [-0.25, -0.2) is 9.13 Å². The highest BCUT2D eigenvalue weighted by molar-refractivity contribution is 7.60. The van der Waals surface area contributed by atoms with Crippen LogP contribution in [0.1, 0.15) is 66.2 Å². The molecule has 0 aromatic rings. The zero-order chi connectivity index (χ0) is 18.8. The largest absolute Gasteiger partial charge is 0.481 e. The molecule has 2 unspecified atom stereocenters. The highest BCUT2D eigenvalue weighted by atomic mass is 31.3. The highest BCUT2D eigenvalue weighted by Crippen LogP contribution is 2.57. The number of rotatable bonds is 13. The van der Waals surface area contributed by atoms with E-state index in [0.29, 0.717) is 5.92 Å². The van der Waals surface area contributed by atoms with Gasteiger partial charge in [0.25, 0.3) is 0 Å². The number of phosphoric ester groups is 1. The predicted octanol–water partition coefficient (Wildman–Crippen LogP) is 4.79. The minimum absolute atomic E-state index is 0.233. The Labute approximate surface area is 145 Å². The molecule has 0 spiro atoms. The van der Waals surface area contributed by atoms with Crippen molar-refractivity contribution >= 4 is 15.6 Å². The Morgan fingerprint density at radius 3 is 2.17 bits per heavy atom. The van der Waals surface area contributed by atoms with Crippen LogP contribution in [-0.2, 0) is 18.0 Å². The summed E-state index contributed by atoms with van der Waals surface area (Å²) in [5.41, 5.74) is 1.00. The maximum absolute atomic E-state index is 11.3. The second kappa shape index (κ2) is 11.6. The van der Waals surface area contributed by atoms with Crippen molar-refractivity contribution in [3.63, 3.8) is 0 Å². The minimum Gasteiger partial charge on any atom is -0.302 e. The molecule has 3 N–H and O–H groups in total. The summed E-state index contributed by atoms with van der Waals surface area (Å²) in [7, 11) is -9.79. The third kappa shape index (κ3) is 15.5. The van der Waals surface area contributed by atoms with Crippen LogP contribution in [0.2, 0.25) is 0 Å². The number of hydrogen-bond acceptors (Lipinski definition) is 4. The molecule has 0 aliphatic carbocycles. The average molecular weight is 386 g/mol. The van der Waals surface area contributed by atoms with E-state index in [9.17, 15) is 9.13 Å². The number of hydrogen-bond donors (Lipinski definition) is 3. The van der Waals surface area contributed by atoms with Crippen molar-refractivity contribution in [2.24, 2.45) is 11.8 Å². The number of phosphoric acid groups is 2. The van der Waals surface area contributed by atoms with Crippen molar-refractivity contribution in [1.29, 1.82) is 0 Å². The second-order valence-corrected chi connectivity index (χ2v) is 9.54. The van der Waals surface area contributed by atoms with Gasteiger partial charge < -0.3 is 14.7 Å². The van der Waals surface area contributed by atoms with Crippen molar-refractivity contribution in [2.75, 3.05) is 6.61 Å². The van der Waals surface area contributed by atoms with Crippen molar-refractivity contribution in [1.82, 2.24) is 0 Å². The van der Waals surface area contributed by atoms with Crippen molar-refractivity contribution in [3.8, 4) is 0 Å². The lowest BCUT2D eigenvalue weighted by atomic mass is 9.94. The van der Waals surface area contributed by atoms with Crippen LogP contribution in [0.15, 0.2) is 11.6 Å². The van der Waals surface area contributed by atoms with E-state index < -0.39 is 15.6 Å². The molecule has 7 nitrogen and oxygen atoms in total. The van der Waals surface area contributed by atoms with Gasteiger partial charge in [0.15, 0.2) is 0 Å². The first-order chi connectivity index (χ1) is 10.9. The molecule has 0 heterocycles. The second-order valence-electron chi connectivity index (χ2n) is 6.71. The van der Waals surface area contributed by atoms with Crippen LogP contribution in [0.25, 0.3) is 0 Å². The molecule has 0 saturated heterocycles. The van der Waals surface area contributed by atoms with Gasteiger partial charge in [0.2, 0.25) is 0 Å². The van der Waals surface area contributed by atoms with Crippen molar-refractivity contribution < 1.29 is 32.6 Å². The fraction of sp³-hybridized carbons (Fsp3) is 0.867. The maximum Gasteiger partial charge on any atom is 0.481 e. The maximum atomic E-state index is 11.3. The summed E-state index contributed by atoms with van der Waals surface area (Å²) < 4.78 is 30.0. The molecule has 0 aliphatic heterocycles. The molecule has 0 saturated carbocycles. The zero-order valence-corrected chi connectivity index (χ0v) is 16.8. The van der Waals surface area contributed by atoms with Crippen LogP contribution >= 0.6 is 15.6 Å². The standard InChI is InChI=1S/C15H32O7P2/c1-13(2)7-5-8-14(3)9-6-10-15(4)11-12-21-24(19,20)22-23(16,17)18/h11,13-14H,5-10,12H2,1-4H3,(H,19,20)(H2,16,17,18)/b15-11+. The van der Waals surface area contributed by atoms with Crippen LogP contribution in [0.4, 0.5) is 0 Å². The predicted molar refractivity (Wildman–Crippen MR) is 94.4 cm³/mol. The van der Waals surface area contributed by atoms with E-state index in [1.54, 1.807) is 6.08 Å². The van der Waals surface area contributed by atoms with Gasteiger partial charge in [-0.2, -0.15) is 4.31 Å². The van der Waals surface area contributed by atoms with Gasteiger partial charge in [0.1, 0.15) is 0 Å². The third-order valence-electron chi connectivity index (χ3n) is 3.63. The molecule has 0 amide bonds. The molecule has 2 atom stereocenters. The van der Waals surface area contributed by atoms with Crippen LogP contribution in [0.3, 0.4) is 0 Å². The summed E-state index contributed by atoms with van der Waals surface area (Å²) in [6, 6.07) is 0. The van der Waals surface area contributed by atoms with E-state index in [4.69, 9.17) is 14.7 Å². The summed E-state index contributed by atoms with van der Waals surface area (Å²) in [4.78, 5) is 26.1. The van der Waals surface area contributed by atoms with Crippen molar-refractivity contribution in [2.45, 2.75) is 66.2 Å². The molecule has 0 aliphatic rings. The topological polar surface area (TPSA) is 113 Å². The molecular weight excluding hydrogens is 354 g/mol. The third-order valence-corrected chi connectivity index (χ3v) is 5.78. The van der Waals surface area contributed by atoms with Gasteiger partial charge in [0.05, 0.1) is 6.61 Å². The van der Waals surface area contributed by atoms with E-state index in [1.807, 2.05) is 6.92 Å². The van der Waals surface area contributed by atoms with E-state index >= 15 is 0 Å². The van der Waals surface area contributed by atoms with Crippen LogP contribution < -0.4 is 0 Å². The monoisotopic (exact) mass is 386 g/mol. The molecule has 0 aromatic heterocycles. The zero-order valence-electron chi connectivity index (χ0n) is 15.1. The smallest absolute Gasteiger partial charge is 0.302 e. The summed E-state index contributed by atoms with van der Waals surface area (Å²) in [6.07, 6.45) is 8.38. The Balaban J connectivity index is 3.95. The lowest BCUT2D eigenvalue weighted by molar-refractivity contribution is 0.191. The fourth-order valence-corrected chi connectivity index (χ4v) is 3.81. The van der Waals surface area contributed by atoms with E-state index in [0.717, 1.165) is 30.8 Å². The molecular formula is C15H32O7P2. The first-order valence-electron chi connectivity index (χ1n) is 8.31. The Morgan fingerprint density at radius 1 is 1.04 bits per heavy atom. The molecule has 0 aromatic carbocycles. The Morgan fingerprint density at radius 2 is 1.62 bits per heavy atom. The molecule has 9 heteroatoms. The summed E-state index contributed by atoms with van der Waals surface area (Å²) in [6.45, 7) is 8.38.